The molecular weight excluding hydrogens is 245 g/mol. The van der Waals surface area contributed by atoms with Gasteiger partial charge in [-0.3, -0.25) is 0 Å². The Bertz CT molecular complexity index is 589. The molecule has 0 aliphatic carbocycles. The fourth-order valence-corrected chi connectivity index (χ4v) is 1.96. The fraction of sp³-hybridized carbons (Fsp3) is 0.400. The molecule has 0 saturated carbocycles. The van der Waals surface area contributed by atoms with Gasteiger partial charge in [0, 0.05) is 17.1 Å². The first-order valence-corrected chi connectivity index (χ1v) is 6.41. The Morgan fingerprint density at radius 3 is 2.74 bits per heavy atom. The van der Waals surface area contributed by atoms with Gasteiger partial charge in [-0.2, -0.15) is 0 Å². The summed E-state index contributed by atoms with van der Waals surface area (Å²) in [4.78, 5) is 11.9. The number of rotatable bonds is 4. The lowest BCUT2D eigenvalue weighted by Crippen LogP contribution is -2.20. The lowest BCUT2D eigenvalue weighted by Gasteiger charge is -2.15. The summed E-state index contributed by atoms with van der Waals surface area (Å²) in [5, 5.41) is 0.781. The van der Waals surface area contributed by atoms with Crippen LogP contribution in [0.1, 0.15) is 26.8 Å². The molecule has 1 unspecified atom stereocenters. The smallest absolute Gasteiger partial charge is 0.328 e. The average Bonchev–Trinajstić information content (AvgIpc) is 2.77. The first-order valence-electron chi connectivity index (χ1n) is 6.41. The second kappa shape index (κ2) is 5.43. The largest absolute Gasteiger partial charge is 0.464 e. The van der Waals surface area contributed by atoms with Crippen LogP contribution in [0.15, 0.2) is 30.5 Å². The van der Waals surface area contributed by atoms with Crippen LogP contribution in [0.4, 0.5) is 4.39 Å². The highest BCUT2D eigenvalue weighted by Gasteiger charge is 2.18. The van der Waals surface area contributed by atoms with Crippen molar-refractivity contribution in [2.45, 2.75) is 26.8 Å². The molecule has 2 rings (SSSR count). The molecule has 2 aromatic rings. The number of ether oxygens (including phenoxy) is 1. The van der Waals surface area contributed by atoms with Gasteiger partial charge in [0.15, 0.2) is 0 Å². The van der Waals surface area contributed by atoms with Gasteiger partial charge in [0.1, 0.15) is 11.9 Å². The zero-order chi connectivity index (χ0) is 14.0. The van der Waals surface area contributed by atoms with Crippen molar-refractivity contribution in [3.05, 3.63) is 36.3 Å². The summed E-state index contributed by atoms with van der Waals surface area (Å²) in [5.41, 5.74) is 0.829. The van der Waals surface area contributed by atoms with E-state index in [1.807, 2.05) is 13.8 Å². The highest BCUT2D eigenvalue weighted by molar-refractivity contribution is 5.83. The van der Waals surface area contributed by atoms with E-state index in [1.165, 1.54) is 12.1 Å². The Balaban J connectivity index is 2.21. The van der Waals surface area contributed by atoms with Crippen molar-refractivity contribution >= 4 is 16.9 Å². The van der Waals surface area contributed by atoms with Crippen molar-refractivity contribution < 1.29 is 13.9 Å². The van der Waals surface area contributed by atoms with E-state index in [-0.39, 0.29) is 11.8 Å². The van der Waals surface area contributed by atoms with Gasteiger partial charge in [-0.05, 0) is 37.1 Å². The monoisotopic (exact) mass is 263 g/mol. The minimum atomic E-state index is -0.415. The van der Waals surface area contributed by atoms with E-state index in [1.54, 1.807) is 29.8 Å². The predicted molar refractivity (Wildman–Crippen MR) is 72.4 cm³/mol. The topological polar surface area (TPSA) is 31.2 Å². The lowest BCUT2D eigenvalue weighted by atomic mass is 10.2. The summed E-state index contributed by atoms with van der Waals surface area (Å²) >= 11 is 0. The van der Waals surface area contributed by atoms with Crippen LogP contribution >= 0.6 is 0 Å². The quantitative estimate of drug-likeness (QED) is 0.790. The molecule has 0 aliphatic heterocycles. The Morgan fingerprint density at radius 2 is 2.05 bits per heavy atom. The summed E-state index contributed by atoms with van der Waals surface area (Å²) in [6.07, 6.45) is 1.78. The second-order valence-corrected chi connectivity index (χ2v) is 5.13. The Labute approximate surface area is 112 Å². The first kappa shape index (κ1) is 13.6. The van der Waals surface area contributed by atoms with Crippen molar-refractivity contribution in [2.24, 2.45) is 5.92 Å². The Kier molecular flexibility index (Phi) is 3.88. The van der Waals surface area contributed by atoms with Gasteiger partial charge in [-0.1, -0.05) is 13.8 Å². The number of carbonyl (C=O) groups excluding carboxylic acids is 1. The van der Waals surface area contributed by atoms with Crippen molar-refractivity contribution in [1.82, 2.24) is 4.57 Å². The SMILES string of the molecule is CC(C)COC(=O)C(C)n1ccc2cc(F)ccc21. The number of carbonyl (C=O) groups is 1. The second-order valence-electron chi connectivity index (χ2n) is 5.13. The van der Waals surface area contributed by atoms with Crippen molar-refractivity contribution in [3.8, 4) is 0 Å². The van der Waals surface area contributed by atoms with Crippen molar-refractivity contribution in [3.63, 3.8) is 0 Å². The number of nitrogens with zero attached hydrogens (tertiary/aromatic N) is 1. The van der Waals surface area contributed by atoms with E-state index in [0.29, 0.717) is 12.5 Å². The molecule has 0 radical (unpaired) electrons. The Morgan fingerprint density at radius 1 is 1.32 bits per heavy atom. The van der Waals surface area contributed by atoms with Gasteiger partial charge in [0.05, 0.1) is 6.61 Å². The maximum Gasteiger partial charge on any atom is 0.328 e. The fourth-order valence-electron chi connectivity index (χ4n) is 1.96. The average molecular weight is 263 g/mol. The number of esters is 1. The normalized spacial score (nSPS) is 12.9. The van der Waals surface area contributed by atoms with Crippen LogP contribution in [0.3, 0.4) is 0 Å². The number of fused-ring (bicyclic) bond motifs is 1. The van der Waals surface area contributed by atoms with Gasteiger partial charge < -0.3 is 9.30 Å². The van der Waals surface area contributed by atoms with Crippen LogP contribution in [0.5, 0.6) is 0 Å². The molecule has 1 aromatic carbocycles. The molecule has 0 fully saturated rings. The van der Waals surface area contributed by atoms with Gasteiger partial charge in [0.2, 0.25) is 0 Å². The number of aromatic nitrogens is 1. The summed E-state index contributed by atoms with van der Waals surface area (Å²) < 4.78 is 20.1. The maximum atomic E-state index is 13.1. The summed E-state index contributed by atoms with van der Waals surface area (Å²) in [6, 6.07) is 5.91. The van der Waals surface area contributed by atoms with Crippen molar-refractivity contribution in [1.29, 1.82) is 0 Å². The minimum Gasteiger partial charge on any atom is -0.464 e. The van der Waals surface area contributed by atoms with Crippen molar-refractivity contribution in [2.75, 3.05) is 6.61 Å². The molecular formula is C15H18FNO2. The van der Waals surface area contributed by atoms with Gasteiger partial charge >= 0.3 is 5.97 Å². The van der Waals surface area contributed by atoms with Gasteiger partial charge in [0.25, 0.3) is 0 Å². The summed E-state index contributed by atoms with van der Waals surface area (Å²) in [6.45, 7) is 6.18. The molecule has 0 aliphatic rings. The molecule has 0 N–H and O–H groups in total. The Hall–Kier alpha value is -1.84. The van der Waals surface area contributed by atoms with E-state index < -0.39 is 6.04 Å². The molecule has 102 valence electrons. The standard InChI is InChI=1S/C15H18FNO2/c1-10(2)9-19-15(18)11(3)17-7-6-12-8-13(16)4-5-14(12)17/h4-8,10-11H,9H2,1-3H3. The molecule has 0 bridgehead atoms. The highest BCUT2D eigenvalue weighted by atomic mass is 19.1. The third-order valence-corrected chi connectivity index (χ3v) is 3.00. The van der Waals surface area contributed by atoms with Crippen LogP contribution in [0, 0.1) is 11.7 Å². The van der Waals surface area contributed by atoms with Crippen LogP contribution in [-0.2, 0) is 9.53 Å². The zero-order valence-electron chi connectivity index (χ0n) is 11.4. The molecule has 19 heavy (non-hydrogen) atoms. The number of benzene rings is 1. The number of halogens is 1. The molecule has 1 atom stereocenters. The van der Waals surface area contributed by atoms with E-state index in [9.17, 15) is 9.18 Å². The number of hydrogen-bond acceptors (Lipinski definition) is 2. The third kappa shape index (κ3) is 2.95. The van der Waals surface area contributed by atoms with Crippen LogP contribution < -0.4 is 0 Å². The minimum absolute atomic E-state index is 0.268. The summed E-state index contributed by atoms with van der Waals surface area (Å²) in [5.74, 6) is -0.234. The molecule has 0 saturated heterocycles. The van der Waals surface area contributed by atoms with E-state index in [0.717, 1.165) is 10.9 Å². The van der Waals surface area contributed by atoms with Crippen LogP contribution in [-0.4, -0.2) is 17.1 Å². The van der Waals surface area contributed by atoms with E-state index in [4.69, 9.17) is 4.74 Å². The summed E-state index contributed by atoms with van der Waals surface area (Å²) in [7, 11) is 0. The lowest BCUT2D eigenvalue weighted by molar-refractivity contribution is -0.148. The van der Waals surface area contributed by atoms with Crippen LogP contribution in [0.2, 0.25) is 0 Å². The third-order valence-electron chi connectivity index (χ3n) is 3.00. The highest BCUT2D eigenvalue weighted by Crippen LogP contribution is 2.21. The van der Waals surface area contributed by atoms with Crippen LogP contribution in [0.25, 0.3) is 10.9 Å². The molecule has 1 heterocycles. The van der Waals surface area contributed by atoms with Gasteiger partial charge in [-0.25, -0.2) is 9.18 Å². The van der Waals surface area contributed by atoms with E-state index in [2.05, 4.69) is 0 Å². The predicted octanol–water partition coefficient (Wildman–Crippen LogP) is 3.54. The molecule has 1 aromatic heterocycles. The first-order chi connectivity index (χ1) is 8.99. The van der Waals surface area contributed by atoms with E-state index >= 15 is 0 Å². The zero-order valence-corrected chi connectivity index (χ0v) is 11.4. The number of hydrogen-bond donors (Lipinski definition) is 0. The molecule has 4 heteroatoms. The van der Waals surface area contributed by atoms with Gasteiger partial charge in [-0.15, -0.1) is 0 Å². The molecule has 0 spiro atoms. The maximum absolute atomic E-state index is 13.1. The molecule has 3 nitrogen and oxygen atoms in total. The molecule has 0 amide bonds.